The van der Waals surface area contributed by atoms with Gasteiger partial charge in [-0.25, -0.2) is 0 Å². The molecule has 0 saturated heterocycles. The van der Waals surface area contributed by atoms with Crippen molar-refractivity contribution >= 4 is 5.91 Å². The molecule has 4 nitrogen and oxygen atoms in total. The van der Waals surface area contributed by atoms with Crippen molar-refractivity contribution in [3.05, 3.63) is 0 Å². The summed E-state index contributed by atoms with van der Waals surface area (Å²) in [6.45, 7) is 5.07. The van der Waals surface area contributed by atoms with Crippen molar-refractivity contribution < 1.29 is 9.90 Å². The number of rotatable bonds is 7. The van der Waals surface area contributed by atoms with Gasteiger partial charge in [0.15, 0.2) is 0 Å². The Bertz CT molecular complexity index is 244. The first-order valence-corrected chi connectivity index (χ1v) is 6.62. The summed E-state index contributed by atoms with van der Waals surface area (Å²) in [4.78, 5) is 11.7. The van der Waals surface area contributed by atoms with E-state index in [1.54, 1.807) is 0 Å². The molecule has 0 heterocycles. The Morgan fingerprint density at radius 1 is 1.47 bits per heavy atom. The maximum atomic E-state index is 11.7. The van der Waals surface area contributed by atoms with Gasteiger partial charge in [-0.2, -0.15) is 0 Å². The van der Waals surface area contributed by atoms with Crippen LogP contribution < -0.4 is 11.1 Å². The van der Waals surface area contributed by atoms with Crippen LogP contribution in [0.5, 0.6) is 0 Å². The molecule has 0 bridgehead atoms. The van der Waals surface area contributed by atoms with Crippen molar-refractivity contribution in [2.45, 2.75) is 52.1 Å². The van der Waals surface area contributed by atoms with Gasteiger partial charge in [0.2, 0.25) is 5.91 Å². The van der Waals surface area contributed by atoms with Crippen molar-refractivity contribution in [3.63, 3.8) is 0 Å². The van der Waals surface area contributed by atoms with Crippen LogP contribution >= 0.6 is 0 Å². The molecular weight excluding hydrogens is 216 g/mol. The Hall–Kier alpha value is -0.610. The van der Waals surface area contributed by atoms with Crippen LogP contribution in [0.25, 0.3) is 0 Å². The summed E-state index contributed by atoms with van der Waals surface area (Å²) >= 11 is 0. The number of nitrogens with one attached hydrogen (secondary N) is 1. The maximum absolute atomic E-state index is 11.7. The van der Waals surface area contributed by atoms with E-state index in [1.807, 2.05) is 0 Å². The predicted octanol–water partition coefficient (Wildman–Crippen LogP) is 1.03. The first kappa shape index (κ1) is 14.5. The van der Waals surface area contributed by atoms with Gasteiger partial charge in [0.05, 0.1) is 6.10 Å². The number of carbonyl (C=O) groups excluding carboxylic acids is 1. The lowest BCUT2D eigenvalue weighted by Crippen LogP contribution is -2.43. The summed E-state index contributed by atoms with van der Waals surface area (Å²) in [5.74, 6) is 0.474. The van der Waals surface area contributed by atoms with Gasteiger partial charge in [0.1, 0.15) is 0 Å². The molecule has 4 heteroatoms. The molecular formula is C13H26N2O2. The number of amides is 1. The number of hydrogen-bond donors (Lipinski definition) is 3. The Balaban J connectivity index is 2.21. The van der Waals surface area contributed by atoms with Gasteiger partial charge in [-0.05, 0) is 37.1 Å². The van der Waals surface area contributed by atoms with Crippen LogP contribution in [0.3, 0.4) is 0 Å². The maximum Gasteiger partial charge on any atom is 0.220 e. The largest absolute Gasteiger partial charge is 0.391 e. The number of aliphatic hydroxyl groups is 1. The second-order valence-corrected chi connectivity index (χ2v) is 5.82. The van der Waals surface area contributed by atoms with Gasteiger partial charge in [0, 0.05) is 13.0 Å². The van der Waals surface area contributed by atoms with Gasteiger partial charge in [-0.1, -0.05) is 20.3 Å². The molecule has 1 atom stereocenters. The predicted molar refractivity (Wildman–Crippen MR) is 68.4 cm³/mol. The molecule has 0 spiro atoms. The third-order valence-electron chi connectivity index (χ3n) is 3.66. The molecule has 1 saturated carbocycles. The summed E-state index contributed by atoms with van der Waals surface area (Å²) < 4.78 is 0. The van der Waals surface area contributed by atoms with Gasteiger partial charge < -0.3 is 16.2 Å². The summed E-state index contributed by atoms with van der Waals surface area (Å²) in [5, 5.41) is 12.5. The molecule has 1 amide bonds. The molecule has 1 unspecified atom stereocenters. The van der Waals surface area contributed by atoms with E-state index in [1.165, 1.54) is 6.42 Å². The van der Waals surface area contributed by atoms with Crippen molar-refractivity contribution in [2.24, 2.45) is 17.1 Å². The van der Waals surface area contributed by atoms with Gasteiger partial charge >= 0.3 is 0 Å². The van der Waals surface area contributed by atoms with Crippen LogP contribution in [-0.2, 0) is 4.79 Å². The van der Waals surface area contributed by atoms with E-state index in [-0.39, 0.29) is 11.3 Å². The third kappa shape index (κ3) is 4.64. The molecule has 0 radical (unpaired) electrons. The fourth-order valence-corrected chi connectivity index (χ4v) is 2.39. The first-order valence-electron chi connectivity index (χ1n) is 6.62. The fourth-order valence-electron chi connectivity index (χ4n) is 2.39. The van der Waals surface area contributed by atoms with Crippen molar-refractivity contribution in [2.75, 3.05) is 13.1 Å². The minimum absolute atomic E-state index is 0.0259. The monoisotopic (exact) mass is 242 g/mol. The zero-order chi connectivity index (χ0) is 12.9. The summed E-state index contributed by atoms with van der Waals surface area (Å²) in [5.41, 5.74) is 5.76. The number of aliphatic hydroxyl groups excluding tert-OH is 1. The molecule has 0 aromatic heterocycles. The molecule has 1 aliphatic carbocycles. The van der Waals surface area contributed by atoms with E-state index in [9.17, 15) is 9.90 Å². The van der Waals surface area contributed by atoms with E-state index in [4.69, 9.17) is 5.73 Å². The van der Waals surface area contributed by atoms with E-state index in [0.29, 0.717) is 25.4 Å². The first-order chi connectivity index (χ1) is 7.97. The smallest absolute Gasteiger partial charge is 0.220 e. The molecule has 1 aliphatic rings. The lowest BCUT2D eigenvalue weighted by molar-refractivity contribution is -0.125. The lowest BCUT2D eigenvalue weighted by atomic mass is 9.66. The highest BCUT2D eigenvalue weighted by Crippen LogP contribution is 2.42. The van der Waals surface area contributed by atoms with E-state index in [0.717, 1.165) is 19.3 Å². The van der Waals surface area contributed by atoms with E-state index >= 15 is 0 Å². The van der Waals surface area contributed by atoms with Gasteiger partial charge in [-0.15, -0.1) is 0 Å². The quantitative estimate of drug-likeness (QED) is 0.624. The topological polar surface area (TPSA) is 75.3 Å². The fraction of sp³-hybridized carbons (Fsp3) is 0.923. The number of nitrogens with two attached hydrogens (primary N) is 1. The van der Waals surface area contributed by atoms with E-state index in [2.05, 4.69) is 19.2 Å². The summed E-state index contributed by atoms with van der Waals surface area (Å²) in [7, 11) is 0. The highest BCUT2D eigenvalue weighted by molar-refractivity contribution is 5.76. The van der Waals surface area contributed by atoms with Crippen LogP contribution in [0.15, 0.2) is 0 Å². The molecule has 1 fully saturated rings. The van der Waals surface area contributed by atoms with Crippen molar-refractivity contribution in [3.8, 4) is 0 Å². The highest BCUT2D eigenvalue weighted by atomic mass is 16.3. The zero-order valence-corrected chi connectivity index (χ0v) is 11.0. The zero-order valence-electron chi connectivity index (χ0n) is 11.0. The minimum atomic E-state index is -0.436. The normalized spacial score (nSPS) is 19.8. The van der Waals surface area contributed by atoms with Crippen LogP contribution in [0.2, 0.25) is 0 Å². The molecule has 100 valence electrons. The Labute approximate surface area is 104 Å². The van der Waals surface area contributed by atoms with Crippen molar-refractivity contribution in [1.29, 1.82) is 0 Å². The Morgan fingerprint density at radius 2 is 2.12 bits per heavy atom. The van der Waals surface area contributed by atoms with Crippen LogP contribution in [-0.4, -0.2) is 30.2 Å². The van der Waals surface area contributed by atoms with E-state index < -0.39 is 6.10 Å². The second-order valence-electron chi connectivity index (χ2n) is 5.82. The van der Waals surface area contributed by atoms with Crippen LogP contribution in [0.1, 0.15) is 46.0 Å². The summed E-state index contributed by atoms with van der Waals surface area (Å²) in [6, 6.07) is 0. The SMILES string of the molecule is CC(C)CC(O)CNC(=O)CC1(CN)CCC1. The average Bonchev–Trinajstić information content (AvgIpc) is 2.19. The Kier molecular flexibility index (Phi) is 5.40. The molecule has 0 aromatic carbocycles. The minimum Gasteiger partial charge on any atom is -0.391 e. The standard InChI is InChI=1S/C13H26N2O2/c1-10(2)6-11(16)8-15-12(17)7-13(9-14)4-3-5-13/h10-11,16H,3-9,14H2,1-2H3,(H,15,17). The third-order valence-corrected chi connectivity index (χ3v) is 3.66. The van der Waals surface area contributed by atoms with Crippen LogP contribution in [0, 0.1) is 11.3 Å². The van der Waals surface area contributed by atoms with Crippen LogP contribution in [0.4, 0.5) is 0 Å². The number of carbonyl (C=O) groups is 1. The Morgan fingerprint density at radius 3 is 2.53 bits per heavy atom. The molecule has 0 aromatic rings. The molecule has 0 aliphatic heterocycles. The molecule has 17 heavy (non-hydrogen) atoms. The second kappa shape index (κ2) is 6.36. The van der Waals surface area contributed by atoms with Crippen molar-refractivity contribution in [1.82, 2.24) is 5.32 Å². The van der Waals surface area contributed by atoms with Gasteiger partial charge in [-0.3, -0.25) is 4.79 Å². The average molecular weight is 242 g/mol. The number of hydrogen-bond acceptors (Lipinski definition) is 3. The van der Waals surface area contributed by atoms with Gasteiger partial charge in [0.25, 0.3) is 0 Å². The summed E-state index contributed by atoms with van der Waals surface area (Å²) in [6.07, 6.45) is 4.10. The highest BCUT2D eigenvalue weighted by Gasteiger charge is 2.37. The molecule has 4 N–H and O–H groups in total. The lowest BCUT2D eigenvalue weighted by Gasteiger charge is -2.40. The molecule has 1 rings (SSSR count).